The Labute approximate surface area is 118 Å². The summed E-state index contributed by atoms with van der Waals surface area (Å²) >= 11 is 5.10. The summed E-state index contributed by atoms with van der Waals surface area (Å²) in [5, 5.41) is 7.67. The van der Waals surface area contributed by atoms with Crippen LogP contribution in [0.5, 0.6) is 0 Å². The number of hydrogen-bond donors (Lipinski definition) is 2. The van der Waals surface area contributed by atoms with Gasteiger partial charge in [-0.15, -0.1) is 0 Å². The Balaban J connectivity index is 2.16. The first-order chi connectivity index (χ1) is 9.08. The zero-order valence-corrected chi connectivity index (χ0v) is 11.9. The molecule has 0 amide bonds. The van der Waals surface area contributed by atoms with Gasteiger partial charge in [-0.25, -0.2) is 0 Å². The van der Waals surface area contributed by atoms with E-state index in [2.05, 4.69) is 17.3 Å². The molecule has 1 aromatic heterocycles. The average Bonchev–Trinajstić information content (AvgIpc) is 2.84. The highest BCUT2D eigenvalue weighted by molar-refractivity contribution is 7.80. The number of nitrogens with two attached hydrogens (primary N) is 1. The number of rotatable bonds is 5. The number of nitrogens with zero attached hydrogens (tertiary/aromatic N) is 2. The van der Waals surface area contributed by atoms with Crippen LogP contribution in [0, 0.1) is 6.92 Å². The normalized spacial score (nSPS) is 12.1. The van der Waals surface area contributed by atoms with Gasteiger partial charge in [0, 0.05) is 29.7 Å². The van der Waals surface area contributed by atoms with Gasteiger partial charge < -0.3 is 11.1 Å². The molecule has 1 heterocycles. The van der Waals surface area contributed by atoms with Gasteiger partial charge in [0.2, 0.25) is 0 Å². The maximum Gasteiger partial charge on any atom is 0.106 e. The Kier molecular flexibility index (Phi) is 4.16. The Bertz CT molecular complexity index is 563. The van der Waals surface area contributed by atoms with Crippen LogP contribution in [0.1, 0.15) is 18.1 Å². The molecule has 0 saturated heterocycles. The van der Waals surface area contributed by atoms with Gasteiger partial charge in [0.25, 0.3) is 0 Å². The Hall–Kier alpha value is -1.88. The van der Waals surface area contributed by atoms with Crippen molar-refractivity contribution in [2.24, 2.45) is 5.73 Å². The van der Waals surface area contributed by atoms with Gasteiger partial charge in [0.05, 0.1) is 6.54 Å². The second-order valence-electron chi connectivity index (χ2n) is 4.64. The van der Waals surface area contributed by atoms with E-state index in [0.717, 1.165) is 23.4 Å². The number of para-hydroxylation sites is 1. The van der Waals surface area contributed by atoms with Gasteiger partial charge in [-0.3, -0.25) is 4.68 Å². The smallest absolute Gasteiger partial charge is 0.106 e. The Morgan fingerprint density at radius 3 is 2.89 bits per heavy atom. The van der Waals surface area contributed by atoms with Crippen molar-refractivity contribution in [2.45, 2.75) is 26.4 Å². The highest BCUT2D eigenvalue weighted by Crippen LogP contribution is 2.21. The summed E-state index contributed by atoms with van der Waals surface area (Å²) in [6, 6.07) is 8.10. The molecule has 1 unspecified atom stereocenters. The SMILES string of the molecule is Cc1cccc(C(N)=S)c1NC(C)Cn1cccn1. The predicted octanol–water partition coefficient (Wildman–Crippen LogP) is 2.33. The number of aryl methyl sites for hydroxylation is 1. The monoisotopic (exact) mass is 274 g/mol. The van der Waals surface area contributed by atoms with E-state index in [0.29, 0.717) is 4.99 Å². The van der Waals surface area contributed by atoms with E-state index in [-0.39, 0.29) is 6.04 Å². The second-order valence-corrected chi connectivity index (χ2v) is 5.08. The van der Waals surface area contributed by atoms with E-state index in [1.54, 1.807) is 6.20 Å². The van der Waals surface area contributed by atoms with E-state index in [1.807, 2.05) is 42.1 Å². The fourth-order valence-electron chi connectivity index (χ4n) is 2.05. The molecule has 2 rings (SSSR count). The molecule has 100 valence electrons. The molecule has 0 bridgehead atoms. The van der Waals surface area contributed by atoms with Gasteiger partial charge >= 0.3 is 0 Å². The Morgan fingerprint density at radius 2 is 2.26 bits per heavy atom. The molecule has 1 atom stereocenters. The number of hydrogen-bond acceptors (Lipinski definition) is 3. The summed E-state index contributed by atoms with van der Waals surface area (Å²) in [6.07, 6.45) is 3.73. The fraction of sp³-hybridized carbons (Fsp3) is 0.286. The number of anilines is 1. The van der Waals surface area contributed by atoms with E-state index in [4.69, 9.17) is 18.0 Å². The zero-order chi connectivity index (χ0) is 13.8. The average molecular weight is 274 g/mol. The summed E-state index contributed by atoms with van der Waals surface area (Å²) < 4.78 is 1.90. The molecule has 0 spiro atoms. The van der Waals surface area contributed by atoms with Crippen LogP contribution in [0.3, 0.4) is 0 Å². The van der Waals surface area contributed by atoms with Gasteiger partial charge in [-0.2, -0.15) is 5.10 Å². The van der Waals surface area contributed by atoms with Crippen molar-refractivity contribution in [2.75, 3.05) is 5.32 Å². The van der Waals surface area contributed by atoms with Crippen molar-refractivity contribution < 1.29 is 0 Å². The van der Waals surface area contributed by atoms with Crippen molar-refractivity contribution in [3.05, 3.63) is 47.8 Å². The lowest BCUT2D eigenvalue weighted by atomic mass is 10.1. The molecule has 0 radical (unpaired) electrons. The van der Waals surface area contributed by atoms with Crippen LogP contribution in [0.2, 0.25) is 0 Å². The molecule has 0 fully saturated rings. The topological polar surface area (TPSA) is 55.9 Å². The van der Waals surface area contributed by atoms with E-state index in [9.17, 15) is 0 Å². The first-order valence-corrected chi connectivity index (χ1v) is 6.62. The molecule has 4 nitrogen and oxygen atoms in total. The van der Waals surface area contributed by atoms with Crippen molar-refractivity contribution in [1.29, 1.82) is 0 Å². The quantitative estimate of drug-likeness (QED) is 0.822. The van der Waals surface area contributed by atoms with Crippen molar-refractivity contribution in [3.63, 3.8) is 0 Å². The van der Waals surface area contributed by atoms with Crippen LogP contribution < -0.4 is 11.1 Å². The molecule has 0 saturated carbocycles. The van der Waals surface area contributed by atoms with E-state index in [1.165, 1.54) is 0 Å². The summed E-state index contributed by atoms with van der Waals surface area (Å²) in [4.78, 5) is 0.414. The van der Waals surface area contributed by atoms with Crippen molar-refractivity contribution in [1.82, 2.24) is 9.78 Å². The molecular formula is C14H18N4S. The third-order valence-electron chi connectivity index (χ3n) is 2.95. The largest absolute Gasteiger partial charge is 0.389 e. The van der Waals surface area contributed by atoms with E-state index < -0.39 is 0 Å². The number of benzene rings is 1. The van der Waals surface area contributed by atoms with Crippen LogP contribution in [-0.2, 0) is 6.54 Å². The van der Waals surface area contributed by atoms with Crippen molar-refractivity contribution in [3.8, 4) is 0 Å². The number of thiocarbonyl (C=S) groups is 1. The minimum Gasteiger partial charge on any atom is -0.389 e. The highest BCUT2D eigenvalue weighted by atomic mass is 32.1. The summed E-state index contributed by atoms with van der Waals surface area (Å²) in [5.41, 5.74) is 8.81. The molecule has 2 aromatic rings. The third kappa shape index (κ3) is 3.32. The molecule has 19 heavy (non-hydrogen) atoms. The molecule has 0 aliphatic rings. The minimum absolute atomic E-state index is 0.231. The third-order valence-corrected chi connectivity index (χ3v) is 3.17. The second kappa shape index (κ2) is 5.84. The lowest BCUT2D eigenvalue weighted by Crippen LogP contribution is -2.24. The van der Waals surface area contributed by atoms with Crippen molar-refractivity contribution >= 4 is 22.9 Å². The van der Waals surface area contributed by atoms with Gasteiger partial charge in [0.1, 0.15) is 4.99 Å². The van der Waals surface area contributed by atoms with Crippen LogP contribution in [0.25, 0.3) is 0 Å². The van der Waals surface area contributed by atoms with E-state index >= 15 is 0 Å². The first kappa shape index (κ1) is 13.5. The zero-order valence-electron chi connectivity index (χ0n) is 11.1. The lowest BCUT2D eigenvalue weighted by Gasteiger charge is -2.19. The molecule has 0 aliphatic carbocycles. The standard InChI is InChI=1S/C14H18N4S/c1-10-5-3-6-12(14(15)19)13(10)17-11(2)9-18-8-4-7-16-18/h3-8,11,17H,9H2,1-2H3,(H2,15,19). The summed E-state index contributed by atoms with van der Waals surface area (Å²) in [7, 11) is 0. The van der Waals surface area contributed by atoms with Crippen LogP contribution in [-0.4, -0.2) is 20.8 Å². The van der Waals surface area contributed by atoms with Crippen LogP contribution >= 0.6 is 12.2 Å². The van der Waals surface area contributed by atoms with Gasteiger partial charge in [0.15, 0.2) is 0 Å². The summed E-state index contributed by atoms with van der Waals surface area (Å²) in [6.45, 7) is 4.94. The maximum absolute atomic E-state index is 5.77. The first-order valence-electron chi connectivity index (χ1n) is 6.21. The lowest BCUT2D eigenvalue weighted by molar-refractivity contribution is 0.560. The molecule has 3 N–H and O–H groups in total. The highest BCUT2D eigenvalue weighted by Gasteiger charge is 2.11. The molecular weight excluding hydrogens is 256 g/mol. The fourth-order valence-corrected chi connectivity index (χ4v) is 2.22. The van der Waals surface area contributed by atoms with Crippen LogP contribution in [0.4, 0.5) is 5.69 Å². The predicted molar refractivity (Wildman–Crippen MR) is 82.4 cm³/mol. The molecule has 5 heteroatoms. The summed E-state index contributed by atoms with van der Waals surface area (Å²) in [5.74, 6) is 0. The van der Waals surface area contributed by atoms with Gasteiger partial charge in [-0.05, 0) is 31.5 Å². The number of nitrogens with one attached hydrogen (secondary N) is 1. The minimum atomic E-state index is 0.231. The van der Waals surface area contributed by atoms with Crippen LogP contribution in [0.15, 0.2) is 36.7 Å². The molecule has 1 aromatic carbocycles. The maximum atomic E-state index is 5.77. The number of aromatic nitrogens is 2. The van der Waals surface area contributed by atoms with Gasteiger partial charge in [-0.1, -0.05) is 24.4 Å². The molecule has 0 aliphatic heterocycles. The Morgan fingerprint density at radius 1 is 1.47 bits per heavy atom.